The van der Waals surface area contributed by atoms with Crippen molar-refractivity contribution in [1.29, 1.82) is 0 Å². The lowest BCUT2D eigenvalue weighted by Gasteiger charge is -2.40. The minimum absolute atomic E-state index is 0.420. The third-order valence-corrected chi connectivity index (χ3v) is 4.25. The summed E-state index contributed by atoms with van der Waals surface area (Å²) in [6.07, 6.45) is 2.51. The standard InChI is InChI=1S/C17H38N2/c1-9-17(10-2,12-18-15(5)6)13-19(16(7)8)11-14(3)4/h14-16,18H,9-13H2,1-8H3. The SMILES string of the molecule is CCC(CC)(CNC(C)C)CN(CC(C)C)C(C)C. The van der Waals surface area contributed by atoms with Crippen LogP contribution in [0, 0.1) is 11.3 Å². The molecule has 0 amide bonds. The second-order valence-electron chi connectivity index (χ2n) is 7.16. The maximum atomic E-state index is 3.66. The van der Waals surface area contributed by atoms with Crippen molar-refractivity contribution in [1.82, 2.24) is 10.2 Å². The summed E-state index contributed by atoms with van der Waals surface area (Å²) in [6, 6.07) is 1.22. The summed E-state index contributed by atoms with van der Waals surface area (Å²) in [5, 5.41) is 3.66. The van der Waals surface area contributed by atoms with Gasteiger partial charge in [-0.15, -0.1) is 0 Å². The molecule has 0 rings (SSSR count). The lowest BCUT2D eigenvalue weighted by molar-refractivity contribution is 0.0974. The molecule has 0 bridgehead atoms. The summed E-state index contributed by atoms with van der Waals surface area (Å²) in [5.74, 6) is 0.742. The van der Waals surface area contributed by atoms with Gasteiger partial charge in [0.15, 0.2) is 0 Å². The van der Waals surface area contributed by atoms with E-state index in [-0.39, 0.29) is 0 Å². The minimum Gasteiger partial charge on any atom is -0.314 e. The highest BCUT2D eigenvalue weighted by atomic mass is 15.2. The summed E-state index contributed by atoms with van der Waals surface area (Å²) in [5.41, 5.74) is 0.420. The maximum absolute atomic E-state index is 3.66. The van der Waals surface area contributed by atoms with Crippen LogP contribution in [0.4, 0.5) is 0 Å². The number of nitrogens with one attached hydrogen (secondary N) is 1. The molecule has 1 N–H and O–H groups in total. The van der Waals surface area contributed by atoms with Gasteiger partial charge in [0.2, 0.25) is 0 Å². The van der Waals surface area contributed by atoms with Crippen molar-refractivity contribution in [3.63, 3.8) is 0 Å². The average Bonchev–Trinajstić information content (AvgIpc) is 2.32. The summed E-state index contributed by atoms with van der Waals surface area (Å²) >= 11 is 0. The Balaban J connectivity index is 4.75. The van der Waals surface area contributed by atoms with E-state index in [0.29, 0.717) is 17.5 Å². The fraction of sp³-hybridized carbons (Fsp3) is 1.00. The van der Waals surface area contributed by atoms with E-state index < -0.39 is 0 Å². The van der Waals surface area contributed by atoms with Gasteiger partial charge in [-0.05, 0) is 38.0 Å². The Kier molecular flexibility index (Phi) is 8.93. The lowest BCUT2D eigenvalue weighted by atomic mass is 9.81. The Morgan fingerprint density at radius 2 is 1.47 bits per heavy atom. The van der Waals surface area contributed by atoms with E-state index in [4.69, 9.17) is 0 Å². The number of nitrogens with zero attached hydrogens (tertiary/aromatic N) is 1. The summed E-state index contributed by atoms with van der Waals surface area (Å²) in [7, 11) is 0. The Bertz CT molecular complexity index is 217. The predicted octanol–water partition coefficient (Wildman–Crippen LogP) is 4.16. The van der Waals surface area contributed by atoms with Crippen LogP contribution in [0.5, 0.6) is 0 Å². The average molecular weight is 271 g/mol. The highest BCUT2D eigenvalue weighted by Gasteiger charge is 2.29. The van der Waals surface area contributed by atoms with Crippen LogP contribution in [0.3, 0.4) is 0 Å². The van der Waals surface area contributed by atoms with Crippen molar-refractivity contribution in [2.45, 2.75) is 80.3 Å². The molecule has 0 atom stereocenters. The van der Waals surface area contributed by atoms with Gasteiger partial charge in [0, 0.05) is 31.7 Å². The van der Waals surface area contributed by atoms with Crippen LogP contribution in [0.2, 0.25) is 0 Å². The van der Waals surface area contributed by atoms with E-state index >= 15 is 0 Å². The summed E-state index contributed by atoms with van der Waals surface area (Å²) in [4.78, 5) is 2.67. The minimum atomic E-state index is 0.420. The van der Waals surface area contributed by atoms with E-state index in [9.17, 15) is 0 Å². The topological polar surface area (TPSA) is 15.3 Å². The number of rotatable bonds is 10. The smallest absolute Gasteiger partial charge is 0.00528 e. The third-order valence-electron chi connectivity index (χ3n) is 4.25. The van der Waals surface area contributed by atoms with E-state index in [1.54, 1.807) is 0 Å². The van der Waals surface area contributed by atoms with Crippen LogP contribution in [0.1, 0.15) is 68.2 Å². The van der Waals surface area contributed by atoms with Crippen LogP contribution in [-0.4, -0.2) is 36.6 Å². The Morgan fingerprint density at radius 1 is 0.947 bits per heavy atom. The summed E-state index contributed by atoms with van der Waals surface area (Å²) < 4.78 is 0. The van der Waals surface area contributed by atoms with Crippen molar-refractivity contribution < 1.29 is 0 Å². The Labute approximate surface area is 122 Å². The molecule has 0 radical (unpaired) electrons. The molecule has 0 unspecified atom stereocenters. The first-order valence-corrected chi connectivity index (χ1v) is 8.23. The highest BCUT2D eigenvalue weighted by Crippen LogP contribution is 2.28. The van der Waals surface area contributed by atoms with Gasteiger partial charge in [-0.2, -0.15) is 0 Å². The second kappa shape index (κ2) is 8.97. The molecule has 0 fully saturated rings. The molecule has 0 heterocycles. The molecule has 0 saturated heterocycles. The zero-order chi connectivity index (χ0) is 15.1. The normalized spacial score (nSPS) is 13.3. The van der Waals surface area contributed by atoms with Crippen LogP contribution in [0.25, 0.3) is 0 Å². The molecule has 2 heteroatoms. The molecular formula is C17H38N2. The van der Waals surface area contributed by atoms with Gasteiger partial charge in [-0.1, -0.05) is 41.5 Å². The molecule has 0 aliphatic rings. The van der Waals surface area contributed by atoms with Gasteiger partial charge in [0.1, 0.15) is 0 Å². The van der Waals surface area contributed by atoms with Gasteiger partial charge < -0.3 is 10.2 Å². The van der Waals surface area contributed by atoms with Crippen LogP contribution in [-0.2, 0) is 0 Å². The third kappa shape index (κ3) is 7.31. The Morgan fingerprint density at radius 3 is 1.79 bits per heavy atom. The molecule has 0 spiro atoms. The first-order valence-electron chi connectivity index (χ1n) is 8.23. The monoisotopic (exact) mass is 270 g/mol. The zero-order valence-corrected chi connectivity index (χ0v) is 14.7. The van der Waals surface area contributed by atoms with Crippen molar-refractivity contribution in [3.05, 3.63) is 0 Å². The molecule has 0 aromatic carbocycles. The van der Waals surface area contributed by atoms with Gasteiger partial charge >= 0.3 is 0 Å². The van der Waals surface area contributed by atoms with E-state index in [0.717, 1.165) is 12.5 Å². The largest absolute Gasteiger partial charge is 0.314 e. The van der Waals surface area contributed by atoms with Crippen LogP contribution >= 0.6 is 0 Å². The molecule has 0 aliphatic heterocycles. The molecule has 19 heavy (non-hydrogen) atoms. The zero-order valence-electron chi connectivity index (χ0n) is 14.7. The second-order valence-corrected chi connectivity index (χ2v) is 7.16. The van der Waals surface area contributed by atoms with Crippen molar-refractivity contribution in [3.8, 4) is 0 Å². The Hall–Kier alpha value is -0.0800. The highest BCUT2D eigenvalue weighted by molar-refractivity contribution is 4.85. The first kappa shape index (κ1) is 18.9. The molecule has 0 aliphatic carbocycles. The molecular weight excluding hydrogens is 232 g/mol. The van der Waals surface area contributed by atoms with Crippen LogP contribution in [0.15, 0.2) is 0 Å². The maximum Gasteiger partial charge on any atom is 0.00528 e. The fourth-order valence-corrected chi connectivity index (χ4v) is 2.56. The number of hydrogen-bond acceptors (Lipinski definition) is 2. The molecule has 116 valence electrons. The first-order chi connectivity index (χ1) is 8.76. The lowest BCUT2D eigenvalue weighted by Crippen LogP contribution is -2.48. The van der Waals surface area contributed by atoms with E-state index in [2.05, 4.69) is 65.6 Å². The number of hydrogen-bond donors (Lipinski definition) is 1. The fourth-order valence-electron chi connectivity index (χ4n) is 2.56. The molecule has 0 aromatic heterocycles. The molecule has 0 saturated carbocycles. The van der Waals surface area contributed by atoms with Gasteiger partial charge in [-0.25, -0.2) is 0 Å². The van der Waals surface area contributed by atoms with Gasteiger partial charge in [0.05, 0.1) is 0 Å². The molecule has 2 nitrogen and oxygen atoms in total. The van der Waals surface area contributed by atoms with Crippen molar-refractivity contribution in [2.75, 3.05) is 19.6 Å². The van der Waals surface area contributed by atoms with Gasteiger partial charge in [-0.3, -0.25) is 0 Å². The van der Waals surface area contributed by atoms with Crippen molar-refractivity contribution >= 4 is 0 Å². The quantitative estimate of drug-likeness (QED) is 0.641. The summed E-state index contributed by atoms with van der Waals surface area (Å²) in [6.45, 7) is 22.0. The van der Waals surface area contributed by atoms with E-state index in [1.807, 2.05) is 0 Å². The predicted molar refractivity (Wildman–Crippen MR) is 87.7 cm³/mol. The van der Waals surface area contributed by atoms with Crippen molar-refractivity contribution in [2.24, 2.45) is 11.3 Å². The van der Waals surface area contributed by atoms with E-state index in [1.165, 1.54) is 25.9 Å². The van der Waals surface area contributed by atoms with Crippen LogP contribution < -0.4 is 5.32 Å². The molecule has 0 aromatic rings. The van der Waals surface area contributed by atoms with Gasteiger partial charge in [0.25, 0.3) is 0 Å².